The van der Waals surface area contributed by atoms with Gasteiger partial charge in [0.15, 0.2) is 0 Å². The van der Waals surface area contributed by atoms with E-state index in [2.05, 4.69) is 32.9 Å². The molecule has 0 aliphatic heterocycles. The van der Waals surface area contributed by atoms with Gasteiger partial charge in [0, 0.05) is 9.35 Å². The minimum Gasteiger partial charge on any atom is -0.377 e. The summed E-state index contributed by atoms with van der Waals surface area (Å²) in [6.45, 7) is 4.50. The number of nitrogens with one attached hydrogen (secondary N) is 1. The lowest BCUT2D eigenvalue weighted by molar-refractivity contribution is 0.653. The maximum Gasteiger partial charge on any atom is 0.287 e. The smallest absolute Gasteiger partial charge is 0.287 e. The van der Waals surface area contributed by atoms with E-state index in [0.29, 0.717) is 18.8 Å². The molecule has 100 valence electrons. The van der Waals surface area contributed by atoms with Crippen LogP contribution in [-0.4, -0.2) is 9.78 Å². The van der Waals surface area contributed by atoms with E-state index in [4.69, 9.17) is 11.6 Å². The summed E-state index contributed by atoms with van der Waals surface area (Å²) < 4.78 is 2.30. The first-order chi connectivity index (χ1) is 9.13. The Kier molecular flexibility index (Phi) is 4.79. The van der Waals surface area contributed by atoms with Crippen molar-refractivity contribution in [3.8, 4) is 0 Å². The SMILES string of the molecule is C=CCn1ncc(NCc2sccc2Br)c(Cl)c1=O. The number of nitrogens with zero attached hydrogens (tertiary/aromatic N) is 2. The fraction of sp³-hybridized carbons (Fsp3) is 0.167. The van der Waals surface area contributed by atoms with E-state index in [0.717, 1.165) is 9.35 Å². The van der Waals surface area contributed by atoms with Gasteiger partial charge in [-0.25, -0.2) is 4.68 Å². The van der Waals surface area contributed by atoms with Crippen LogP contribution in [0.5, 0.6) is 0 Å². The number of rotatable bonds is 5. The van der Waals surface area contributed by atoms with Crippen molar-refractivity contribution in [3.63, 3.8) is 0 Å². The second kappa shape index (κ2) is 6.36. The van der Waals surface area contributed by atoms with Gasteiger partial charge >= 0.3 is 0 Å². The zero-order valence-corrected chi connectivity index (χ0v) is 13.1. The highest BCUT2D eigenvalue weighted by Crippen LogP contribution is 2.24. The molecule has 0 amide bonds. The molecular formula is C12H11BrClN3OS. The first kappa shape index (κ1) is 14.3. The summed E-state index contributed by atoms with van der Waals surface area (Å²) in [7, 11) is 0. The Morgan fingerprint density at radius 3 is 3.05 bits per heavy atom. The normalized spacial score (nSPS) is 10.4. The molecule has 0 aliphatic rings. The Morgan fingerprint density at radius 2 is 2.42 bits per heavy atom. The van der Waals surface area contributed by atoms with Crippen molar-refractivity contribution < 1.29 is 0 Å². The lowest BCUT2D eigenvalue weighted by Crippen LogP contribution is -2.23. The number of thiophene rings is 1. The van der Waals surface area contributed by atoms with Crippen LogP contribution in [0.3, 0.4) is 0 Å². The fourth-order valence-corrected chi connectivity index (χ4v) is 3.11. The zero-order valence-electron chi connectivity index (χ0n) is 9.90. The monoisotopic (exact) mass is 359 g/mol. The van der Waals surface area contributed by atoms with Crippen molar-refractivity contribution in [2.45, 2.75) is 13.1 Å². The van der Waals surface area contributed by atoms with Gasteiger partial charge in [-0.3, -0.25) is 4.79 Å². The minimum absolute atomic E-state index is 0.143. The van der Waals surface area contributed by atoms with Gasteiger partial charge < -0.3 is 5.32 Å². The Labute approximate surface area is 127 Å². The largest absolute Gasteiger partial charge is 0.377 e. The van der Waals surface area contributed by atoms with Gasteiger partial charge in [0.2, 0.25) is 0 Å². The lowest BCUT2D eigenvalue weighted by atomic mass is 10.4. The van der Waals surface area contributed by atoms with Crippen LogP contribution in [0, 0.1) is 0 Å². The molecule has 0 aliphatic carbocycles. The predicted molar refractivity (Wildman–Crippen MR) is 83.0 cm³/mol. The molecule has 0 unspecified atom stereocenters. The van der Waals surface area contributed by atoms with Gasteiger partial charge in [0.05, 0.1) is 25.0 Å². The van der Waals surface area contributed by atoms with Crippen molar-refractivity contribution in [1.29, 1.82) is 0 Å². The van der Waals surface area contributed by atoms with Crippen LogP contribution < -0.4 is 10.9 Å². The molecule has 19 heavy (non-hydrogen) atoms. The maximum atomic E-state index is 11.9. The molecule has 1 N–H and O–H groups in total. The summed E-state index contributed by atoms with van der Waals surface area (Å²) >= 11 is 11.1. The third-order valence-electron chi connectivity index (χ3n) is 2.42. The highest BCUT2D eigenvalue weighted by atomic mass is 79.9. The molecule has 2 aromatic rings. The molecule has 4 nitrogen and oxygen atoms in total. The fourth-order valence-electron chi connectivity index (χ4n) is 1.47. The van der Waals surface area contributed by atoms with Crippen molar-refractivity contribution >= 4 is 44.6 Å². The van der Waals surface area contributed by atoms with Crippen molar-refractivity contribution in [2.75, 3.05) is 5.32 Å². The molecule has 0 saturated carbocycles. The van der Waals surface area contributed by atoms with Crippen molar-refractivity contribution in [2.24, 2.45) is 0 Å². The molecule has 2 aromatic heterocycles. The van der Waals surface area contributed by atoms with Crippen LogP contribution >= 0.6 is 38.9 Å². The second-order valence-electron chi connectivity index (χ2n) is 3.69. The molecule has 7 heteroatoms. The highest BCUT2D eigenvalue weighted by Gasteiger charge is 2.09. The van der Waals surface area contributed by atoms with Gasteiger partial charge in [-0.15, -0.1) is 17.9 Å². The third-order valence-corrected chi connectivity index (χ3v) is 4.71. The number of allylic oxidation sites excluding steroid dienone is 1. The Balaban J connectivity index is 2.18. The van der Waals surface area contributed by atoms with E-state index in [1.54, 1.807) is 23.6 Å². The molecule has 0 bridgehead atoms. The maximum absolute atomic E-state index is 11.9. The molecule has 0 aromatic carbocycles. The van der Waals surface area contributed by atoms with Crippen LogP contribution in [0.1, 0.15) is 4.88 Å². The highest BCUT2D eigenvalue weighted by molar-refractivity contribution is 9.10. The second-order valence-corrected chi connectivity index (χ2v) is 5.93. The summed E-state index contributed by atoms with van der Waals surface area (Å²) in [6.07, 6.45) is 3.15. The van der Waals surface area contributed by atoms with Crippen molar-refractivity contribution in [1.82, 2.24) is 9.78 Å². The number of halogens is 2. The molecule has 2 rings (SSSR count). The van der Waals surface area contributed by atoms with E-state index < -0.39 is 0 Å². The van der Waals surface area contributed by atoms with Gasteiger partial charge in [0.25, 0.3) is 5.56 Å². The first-order valence-electron chi connectivity index (χ1n) is 5.45. The van der Waals surface area contributed by atoms with E-state index in [1.807, 2.05) is 11.4 Å². The van der Waals surface area contributed by atoms with Crippen LogP contribution in [0.4, 0.5) is 5.69 Å². The summed E-state index contributed by atoms with van der Waals surface area (Å²) in [5.74, 6) is 0. The van der Waals surface area contributed by atoms with E-state index in [-0.39, 0.29) is 10.6 Å². The summed E-state index contributed by atoms with van der Waals surface area (Å²) in [5.41, 5.74) is 0.212. The van der Waals surface area contributed by atoms with Crippen LogP contribution in [0.2, 0.25) is 5.02 Å². The van der Waals surface area contributed by atoms with Gasteiger partial charge in [0.1, 0.15) is 5.02 Å². The summed E-state index contributed by atoms with van der Waals surface area (Å²) in [5, 5.41) is 9.27. The van der Waals surface area contributed by atoms with Crippen molar-refractivity contribution in [3.05, 3.63) is 55.0 Å². The lowest BCUT2D eigenvalue weighted by Gasteiger charge is -2.08. The van der Waals surface area contributed by atoms with Crippen LogP contribution in [0.15, 0.2) is 39.6 Å². The standard InChI is InChI=1S/C12H11BrClN3OS/c1-2-4-17-12(18)11(14)9(6-16-17)15-7-10-8(13)3-5-19-10/h2-3,5-6,15H,1,4,7H2. The van der Waals surface area contributed by atoms with E-state index in [9.17, 15) is 4.79 Å². The van der Waals surface area contributed by atoms with E-state index in [1.165, 1.54) is 4.68 Å². The predicted octanol–water partition coefficient (Wildman–Crippen LogP) is 3.52. The molecular weight excluding hydrogens is 350 g/mol. The molecule has 2 heterocycles. The molecule has 0 atom stereocenters. The van der Waals surface area contributed by atoms with Crippen LogP contribution in [-0.2, 0) is 13.1 Å². The number of hydrogen-bond donors (Lipinski definition) is 1. The molecule has 0 saturated heterocycles. The zero-order chi connectivity index (χ0) is 13.8. The summed E-state index contributed by atoms with van der Waals surface area (Å²) in [6, 6.07) is 1.98. The van der Waals surface area contributed by atoms with Gasteiger partial charge in [-0.2, -0.15) is 5.10 Å². The summed E-state index contributed by atoms with van der Waals surface area (Å²) in [4.78, 5) is 13.0. The first-order valence-corrected chi connectivity index (χ1v) is 7.50. The quantitative estimate of drug-likeness (QED) is 0.830. The Bertz CT molecular complexity index is 653. The molecule has 0 fully saturated rings. The third kappa shape index (κ3) is 3.26. The number of aromatic nitrogens is 2. The Hall–Kier alpha value is -1.11. The molecule has 0 spiro atoms. The van der Waals surface area contributed by atoms with Gasteiger partial charge in [-0.05, 0) is 27.4 Å². The average Bonchev–Trinajstić information content (AvgIpc) is 2.80. The topological polar surface area (TPSA) is 46.9 Å². The minimum atomic E-state index is -0.322. The van der Waals surface area contributed by atoms with E-state index >= 15 is 0 Å². The number of hydrogen-bond acceptors (Lipinski definition) is 4. The number of anilines is 1. The average molecular weight is 361 g/mol. The van der Waals surface area contributed by atoms with Gasteiger partial charge in [-0.1, -0.05) is 17.7 Å². The molecule has 0 radical (unpaired) electrons. The Morgan fingerprint density at radius 1 is 1.63 bits per heavy atom. The van der Waals surface area contributed by atoms with Crippen LogP contribution in [0.25, 0.3) is 0 Å².